The van der Waals surface area contributed by atoms with Gasteiger partial charge in [0.05, 0.1) is 10.9 Å². The zero-order valence-corrected chi connectivity index (χ0v) is 21.5. The van der Waals surface area contributed by atoms with Crippen LogP contribution in [0.15, 0.2) is 71.2 Å². The molecule has 2 saturated heterocycles. The first kappa shape index (κ1) is 23.5. The molecule has 0 aromatic heterocycles. The molecule has 1 spiro atoms. The van der Waals surface area contributed by atoms with Crippen LogP contribution in [0.5, 0.6) is 5.75 Å². The summed E-state index contributed by atoms with van der Waals surface area (Å²) in [5, 5.41) is 16.0. The van der Waals surface area contributed by atoms with Crippen molar-refractivity contribution in [3.8, 4) is 5.75 Å². The summed E-state index contributed by atoms with van der Waals surface area (Å²) in [7, 11) is 0. The maximum Gasteiger partial charge on any atom is 0.256 e. The van der Waals surface area contributed by atoms with Gasteiger partial charge in [0.1, 0.15) is 12.4 Å². The molecule has 184 valence electrons. The Balaban J connectivity index is 1.37. The van der Waals surface area contributed by atoms with Crippen LogP contribution < -0.4 is 10.1 Å². The summed E-state index contributed by atoms with van der Waals surface area (Å²) in [6.45, 7) is 0.985. The van der Waals surface area contributed by atoms with Crippen molar-refractivity contribution in [2.24, 2.45) is 0 Å². The summed E-state index contributed by atoms with van der Waals surface area (Å²) in [6, 6.07) is 19.3. The third kappa shape index (κ3) is 3.46. The van der Waals surface area contributed by atoms with Crippen molar-refractivity contribution in [3.05, 3.63) is 103 Å². The van der Waals surface area contributed by atoms with Gasteiger partial charge < -0.3 is 10.1 Å². The lowest BCUT2D eigenvalue weighted by Crippen LogP contribution is -2.55. The van der Waals surface area contributed by atoms with Crippen LogP contribution in [0.3, 0.4) is 0 Å². The van der Waals surface area contributed by atoms with E-state index in [-0.39, 0.29) is 16.9 Å². The lowest BCUT2D eigenvalue weighted by Gasteiger charge is -2.32. The van der Waals surface area contributed by atoms with Crippen molar-refractivity contribution in [2.75, 3.05) is 11.9 Å². The van der Waals surface area contributed by atoms with Crippen LogP contribution in [0, 0.1) is 10.1 Å². The van der Waals surface area contributed by atoms with E-state index in [0.29, 0.717) is 35.2 Å². The molecule has 6 rings (SSSR count). The first-order valence-electron chi connectivity index (χ1n) is 11.9. The van der Waals surface area contributed by atoms with Crippen molar-refractivity contribution in [1.29, 1.82) is 0 Å². The molecule has 3 aromatic carbocycles. The van der Waals surface area contributed by atoms with Gasteiger partial charge in [0.2, 0.25) is 0 Å². The highest BCUT2D eigenvalue weighted by molar-refractivity contribution is 9.10. The van der Waals surface area contributed by atoms with E-state index in [0.717, 1.165) is 28.4 Å². The first-order chi connectivity index (χ1) is 17.4. The number of nitro groups is 1. The van der Waals surface area contributed by atoms with Gasteiger partial charge in [-0.15, -0.1) is 0 Å². The Morgan fingerprint density at radius 2 is 1.94 bits per heavy atom. The van der Waals surface area contributed by atoms with Gasteiger partial charge in [-0.25, -0.2) is 0 Å². The van der Waals surface area contributed by atoms with E-state index in [9.17, 15) is 14.9 Å². The van der Waals surface area contributed by atoms with Gasteiger partial charge in [0.25, 0.3) is 11.9 Å². The Morgan fingerprint density at radius 3 is 2.69 bits per heavy atom. The van der Waals surface area contributed by atoms with Crippen molar-refractivity contribution in [2.45, 2.75) is 43.0 Å². The Bertz CT molecular complexity index is 1370. The minimum Gasteiger partial charge on any atom is -0.487 e. The molecule has 3 aromatic rings. The number of ether oxygens (including phenoxy) is 1. The summed E-state index contributed by atoms with van der Waals surface area (Å²) in [6.07, 6.45) is 1.66. The number of nitrogens with zero attached hydrogens (tertiary/aromatic N) is 2. The predicted octanol–water partition coefficient (Wildman–Crippen LogP) is 5.74. The number of hydrogen-bond acceptors (Lipinski definition) is 5. The van der Waals surface area contributed by atoms with Crippen LogP contribution >= 0.6 is 27.5 Å². The zero-order valence-electron chi connectivity index (χ0n) is 19.2. The minimum absolute atomic E-state index is 0.136. The summed E-state index contributed by atoms with van der Waals surface area (Å²) < 4.78 is 6.93. The number of anilines is 1. The van der Waals surface area contributed by atoms with E-state index >= 15 is 0 Å². The molecule has 0 bridgehead atoms. The molecule has 1 amide bonds. The molecule has 2 fully saturated rings. The molecule has 4 atom stereocenters. The maximum absolute atomic E-state index is 13.5. The van der Waals surface area contributed by atoms with Gasteiger partial charge in [-0.1, -0.05) is 63.9 Å². The van der Waals surface area contributed by atoms with Crippen LogP contribution in [0.2, 0.25) is 5.02 Å². The van der Waals surface area contributed by atoms with Crippen LogP contribution in [0.4, 0.5) is 5.69 Å². The fourth-order valence-corrected chi connectivity index (χ4v) is 6.87. The molecular formula is C27H23BrClN3O4. The average molecular weight is 569 g/mol. The summed E-state index contributed by atoms with van der Waals surface area (Å²) in [5.41, 5.74) is 1.75. The number of fused-ring (bicyclic) bond motifs is 4. The fourth-order valence-electron chi connectivity index (χ4n) is 6.36. The largest absolute Gasteiger partial charge is 0.487 e. The van der Waals surface area contributed by atoms with Crippen molar-refractivity contribution >= 4 is 39.1 Å². The monoisotopic (exact) mass is 567 g/mol. The second kappa shape index (κ2) is 8.87. The van der Waals surface area contributed by atoms with Gasteiger partial charge >= 0.3 is 0 Å². The number of nitrogens with one attached hydrogen (secondary N) is 1. The lowest BCUT2D eigenvalue weighted by atomic mass is 9.77. The van der Waals surface area contributed by atoms with Gasteiger partial charge in [0.15, 0.2) is 5.54 Å². The molecule has 0 saturated carbocycles. The zero-order chi connectivity index (χ0) is 25.0. The highest BCUT2D eigenvalue weighted by Crippen LogP contribution is 2.58. The number of amides is 1. The second-order valence-electron chi connectivity index (χ2n) is 9.53. The summed E-state index contributed by atoms with van der Waals surface area (Å²) in [4.78, 5) is 28.1. The van der Waals surface area contributed by atoms with Crippen molar-refractivity contribution in [1.82, 2.24) is 4.90 Å². The topological polar surface area (TPSA) is 84.7 Å². The van der Waals surface area contributed by atoms with Crippen molar-refractivity contribution < 1.29 is 14.5 Å². The molecule has 9 heteroatoms. The number of carbonyl (C=O) groups is 1. The Morgan fingerprint density at radius 1 is 1.17 bits per heavy atom. The molecular weight excluding hydrogens is 546 g/mol. The predicted molar refractivity (Wildman–Crippen MR) is 140 cm³/mol. The van der Waals surface area contributed by atoms with E-state index in [1.807, 2.05) is 54.6 Å². The number of halogens is 2. The van der Waals surface area contributed by atoms with Gasteiger partial charge in [-0.2, -0.15) is 0 Å². The quantitative estimate of drug-likeness (QED) is 0.314. The average Bonchev–Trinajstić information content (AvgIpc) is 3.52. The fraction of sp³-hybridized carbons (Fsp3) is 0.296. The number of para-hydroxylation sites is 1. The standard InChI is InChI=1S/C27H23BrClN3O4/c28-18-10-7-16(8-11-18)15-36-23-12-9-17(14-20(23)29)24-22-6-3-13-31(22)27(25(24)32(34)35)19-4-1-2-5-21(19)30-26(27)33/h1-2,4-5,7-12,14,22,24-25H,3,6,13,15H2,(H,30,33)/t22-,24+,25+,27-/m0/s1. The van der Waals surface area contributed by atoms with Crippen molar-refractivity contribution in [3.63, 3.8) is 0 Å². The third-order valence-corrected chi connectivity index (χ3v) is 8.57. The molecule has 7 nitrogen and oxygen atoms in total. The molecule has 36 heavy (non-hydrogen) atoms. The molecule has 1 N–H and O–H groups in total. The van der Waals surface area contributed by atoms with Crippen LogP contribution in [-0.2, 0) is 16.9 Å². The van der Waals surface area contributed by atoms with Crippen LogP contribution in [0.25, 0.3) is 0 Å². The third-order valence-electron chi connectivity index (χ3n) is 7.74. The highest BCUT2D eigenvalue weighted by Gasteiger charge is 2.73. The molecule has 0 aliphatic carbocycles. The normalized spacial score (nSPS) is 26.6. The highest BCUT2D eigenvalue weighted by atomic mass is 79.9. The van der Waals surface area contributed by atoms with E-state index in [1.165, 1.54) is 0 Å². The van der Waals surface area contributed by atoms with Crippen LogP contribution in [0.1, 0.15) is 35.4 Å². The van der Waals surface area contributed by atoms with Gasteiger partial charge in [0, 0.05) is 33.2 Å². The SMILES string of the molecule is O=C1Nc2ccccc2[C@]12[C@H]([N+](=O)[O-])[C@H](c1ccc(OCc3ccc(Br)cc3)c(Cl)c1)[C@@H]1CCCN12. The number of rotatable bonds is 5. The Labute approximate surface area is 221 Å². The number of benzene rings is 3. The smallest absolute Gasteiger partial charge is 0.256 e. The van der Waals surface area contributed by atoms with E-state index < -0.39 is 17.5 Å². The number of carbonyl (C=O) groups excluding carboxylic acids is 1. The minimum atomic E-state index is -1.34. The lowest BCUT2D eigenvalue weighted by molar-refractivity contribution is -0.534. The van der Waals surface area contributed by atoms with E-state index in [2.05, 4.69) is 26.1 Å². The summed E-state index contributed by atoms with van der Waals surface area (Å²) >= 11 is 10.1. The van der Waals surface area contributed by atoms with E-state index in [1.54, 1.807) is 12.1 Å². The van der Waals surface area contributed by atoms with Gasteiger partial charge in [-0.05, 0) is 54.3 Å². The molecule has 3 heterocycles. The molecule has 0 unspecified atom stereocenters. The first-order valence-corrected chi connectivity index (χ1v) is 13.1. The molecule has 0 radical (unpaired) electrons. The Kier molecular flexibility index (Phi) is 5.78. The van der Waals surface area contributed by atoms with Crippen LogP contribution in [-0.4, -0.2) is 34.4 Å². The second-order valence-corrected chi connectivity index (χ2v) is 10.9. The van der Waals surface area contributed by atoms with Gasteiger partial charge in [-0.3, -0.25) is 19.8 Å². The molecule has 3 aliphatic rings. The number of hydrogen-bond donors (Lipinski definition) is 1. The molecule has 3 aliphatic heterocycles. The van der Waals surface area contributed by atoms with E-state index in [4.69, 9.17) is 16.3 Å². The Hall–Kier alpha value is -2.94. The summed E-state index contributed by atoms with van der Waals surface area (Å²) in [5.74, 6) is -0.293. The maximum atomic E-state index is 13.5.